The molecule has 2 saturated heterocycles. The van der Waals surface area contributed by atoms with E-state index in [1.165, 1.54) is 96.3 Å². The first kappa shape index (κ1) is 58.1. The Kier molecular flexibility index (Phi) is 33.6. The van der Waals surface area contributed by atoms with Crippen molar-refractivity contribution in [2.45, 2.75) is 248 Å². The number of unbranched alkanes of at least 4 members (excludes halogenated alkanes) is 20. The highest BCUT2D eigenvalue weighted by atomic mass is 16.7. The number of carbonyl (C=O) groups excluding carboxylic acids is 2. The molecule has 11 atom stereocenters. The summed E-state index contributed by atoms with van der Waals surface area (Å²) in [5.41, 5.74) is 0. The van der Waals surface area contributed by atoms with Gasteiger partial charge in [0.2, 0.25) is 0 Å². The van der Waals surface area contributed by atoms with Crippen LogP contribution in [0.15, 0.2) is 24.3 Å². The molecular weight excluding hydrogens is 829 g/mol. The molecule has 374 valence electrons. The van der Waals surface area contributed by atoms with Crippen LogP contribution in [0.2, 0.25) is 0 Å². The summed E-state index contributed by atoms with van der Waals surface area (Å²) in [7, 11) is 0. The highest BCUT2D eigenvalue weighted by Gasteiger charge is 2.47. The van der Waals surface area contributed by atoms with Crippen LogP contribution in [0.1, 0.15) is 181 Å². The van der Waals surface area contributed by atoms with Crippen LogP contribution in [0.4, 0.5) is 0 Å². The molecule has 15 heteroatoms. The summed E-state index contributed by atoms with van der Waals surface area (Å²) in [5.74, 6) is -0.967. The molecule has 2 aliphatic rings. The fraction of sp³-hybridized carbons (Fsp3) is 0.878. The van der Waals surface area contributed by atoms with Gasteiger partial charge in [0.25, 0.3) is 0 Å². The number of rotatable bonds is 38. The van der Waals surface area contributed by atoms with Gasteiger partial charge in [0.1, 0.15) is 55.4 Å². The zero-order valence-corrected chi connectivity index (χ0v) is 39.3. The number of aliphatic hydroxyl groups excluding tert-OH is 7. The van der Waals surface area contributed by atoms with Gasteiger partial charge in [0, 0.05) is 12.8 Å². The first-order valence-electron chi connectivity index (χ1n) is 24.9. The molecule has 0 aromatic carbocycles. The molecule has 7 N–H and O–H groups in total. The van der Waals surface area contributed by atoms with Gasteiger partial charge >= 0.3 is 11.9 Å². The van der Waals surface area contributed by atoms with Crippen molar-refractivity contribution in [2.75, 3.05) is 26.4 Å². The summed E-state index contributed by atoms with van der Waals surface area (Å²) in [5, 5.41) is 72.0. The van der Waals surface area contributed by atoms with E-state index in [2.05, 4.69) is 38.2 Å². The van der Waals surface area contributed by atoms with Crippen LogP contribution in [0, 0.1) is 0 Å². The van der Waals surface area contributed by atoms with Gasteiger partial charge in [0.15, 0.2) is 18.7 Å². The van der Waals surface area contributed by atoms with E-state index in [4.69, 9.17) is 28.4 Å². The molecule has 2 fully saturated rings. The van der Waals surface area contributed by atoms with E-state index in [0.29, 0.717) is 12.8 Å². The van der Waals surface area contributed by atoms with Gasteiger partial charge < -0.3 is 64.2 Å². The summed E-state index contributed by atoms with van der Waals surface area (Å²) < 4.78 is 33.5. The predicted octanol–water partition coefficient (Wildman–Crippen LogP) is 6.38. The van der Waals surface area contributed by atoms with Crippen LogP contribution in [0.3, 0.4) is 0 Å². The molecule has 0 radical (unpaired) electrons. The number of carbonyl (C=O) groups is 2. The first-order valence-corrected chi connectivity index (χ1v) is 24.9. The molecular formula is C49H88O15. The number of allylic oxidation sites excluding steroid dienone is 4. The molecule has 2 heterocycles. The van der Waals surface area contributed by atoms with Gasteiger partial charge in [0.05, 0.1) is 19.8 Å². The molecule has 0 spiro atoms. The third-order valence-electron chi connectivity index (χ3n) is 11.9. The molecule has 64 heavy (non-hydrogen) atoms. The number of hydrogen-bond acceptors (Lipinski definition) is 15. The van der Waals surface area contributed by atoms with E-state index in [1.54, 1.807) is 0 Å². The third-order valence-corrected chi connectivity index (χ3v) is 11.9. The van der Waals surface area contributed by atoms with E-state index >= 15 is 0 Å². The van der Waals surface area contributed by atoms with Crippen LogP contribution in [0.5, 0.6) is 0 Å². The van der Waals surface area contributed by atoms with Crippen molar-refractivity contribution >= 4 is 11.9 Å². The number of esters is 2. The van der Waals surface area contributed by atoms with Crippen molar-refractivity contribution < 1.29 is 73.8 Å². The van der Waals surface area contributed by atoms with Gasteiger partial charge in [-0.2, -0.15) is 0 Å². The standard InChI is InChI=1S/C49H88O15/c1-3-5-7-9-11-13-15-17-18-20-22-24-26-28-30-32-41(52)62-37(34-59-40(51)31-29-27-25-23-21-19-16-14-12-10-8-6-4-2)35-60-48-47(58)45(56)43(54)39(64-48)36-61-49-46(57)44(55)42(53)38(33-50)63-49/h19,21-22,24,37-39,42-50,53-58H,3-18,20,23,25-36H2,1-2H3/b21-19+,24-22+/t37-,38-,39-,42+,43+,44?,45?,46?,47?,48-,49-/m1/s1. The zero-order valence-electron chi connectivity index (χ0n) is 39.3. The molecule has 0 bridgehead atoms. The van der Waals surface area contributed by atoms with Gasteiger partial charge in [-0.25, -0.2) is 0 Å². The summed E-state index contributed by atoms with van der Waals surface area (Å²) in [4.78, 5) is 25.7. The monoisotopic (exact) mass is 917 g/mol. The minimum Gasteiger partial charge on any atom is -0.462 e. The van der Waals surface area contributed by atoms with Gasteiger partial charge in [-0.1, -0.05) is 128 Å². The molecule has 15 nitrogen and oxygen atoms in total. The Bertz CT molecular complexity index is 1220. The third kappa shape index (κ3) is 25.2. The maximum Gasteiger partial charge on any atom is 0.306 e. The highest BCUT2D eigenvalue weighted by molar-refractivity contribution is 5.70. The Morgan fingerprint density at radius 2 is 0.891 bits per heavy atom. The van der Waals surface area contributed by atoms with Crippen molar-refractivity contribution in [1.82, 2.24) is 0 Å². The van der Waals surface area contributed by atoms with Crippen LogP contribution in [-0.4, -0.2) is 142 Å². The Morgan fingerprint density at radius 3 is 1.41 bits per heavy atom. The van der Waals surface area contributed by atoms with E-state index in [-0.39, 0.29) is 19.4 Å². The number of ether oxygens (including phenoxy) is 6. The number of hydrogen-bond donors (Lipinski definition) is 7. The lowest BCUT2D eigenvalue weighted by atomic mass is 9.98. The quantitative estimate of drug-likeness (QED) is 0.0203. The van der Waals surface area contributed by atoms with Crippen molar-refractivity contribution in [1.29, 1.82) is 0 Å². The van der Waals surface area contributed by atoms with Gasteiger partial charge in [-0.15, -0.1) is 0 Å². The predicted molar refractivity (Wildman–Crippen MR) is 243 cm³/mol. The van der Waals surface area contributed by atoms with Crippen molar-refractivity contribution in [3.05, 3.63) is 24.3 Å². The zero-order chi connectivity index (χ0) is 46.8. The molecule has 0 aliphatic carbocycles. The Labute approximate surface area is 383 Å². The normalized spacial score (nSPS) is 26.8. The maximum atomic E-state index is 13.0. The summed E-state index contributed by atoms with van der Waals surface area (Å²) in [6.07, 6.45) is 19.3. The minimum absolute atomic E-state index is 0.134. The Balaban J connectivity index is 1.84. The Hall–Kier alpha value is -2.02. The highest BCUT2D eigenvalue weighted by Crippen LogP contribution is 2.26. The topological polar surface area (TPSA) is 231 Å². The van der Waals surface area contributed by atoms with Crippen LogP contribution < -0.4 is 0 Å². The lowest BCUT2D eigenvalue weighted by Gasteiger charge is -2.42. The smallest absolute Gasteiger partial charge is 0.306 e. The molecule has 4 unspecified atom stereocenters. The SMILES string of the molecule is CCCCCCCC/C=C/CCCCCC(=O)OC[C@H](CO[C@@H]1O[C@H](CO[C@@H]2O[C@H](CO)[C@H](O)C(O)C2O)[C@H](O)C(O)C1O)OC(=O)CCCC/C=C/CCCCCCCCCCC. The van der Waals surface area contributed by atoms with E-state index in [0.717, 1.165) is 44.9 Å². The van der Waals surface area contributed by atoms with E-state index in [9.17, 15) is 45.3 Å². The van der Waals surface area contributed by atoms with Crippen molar-refractivity contribution in [3.8, 4) is 0 Å². The van der Waals surface area contributed by atoms with Crippen molar-refractivity contribution in [3.63, 3.8) is 0 Å². The van der Waals surface area contributed by atoms with Crippen LogP contribution >= 0.6 is 0 Å². The minimum atomic E-state index is -1.77. The second-order valence-corrected chi connectivity index (χ2v) is 17.6. The van der Waals surface area contributed by atoms with E-state index in [1.807, 2.05) is 0 Å². The summed E-state index contributed by atoms with van der Waals surface area (Å²) in [6, 6.07) is 0. The van der Waals surface area contributed by atoms with E-state index < -0.39 is 99.3 Å². The molecule has 0 saturated carbocycles. The first-order chi connectivity index (χ1) is 31.0. The molecule has 2 aliphatic heterocycles. The second kappa shape index (κ2) is 37.0. The Morgan fingerprint density at radius 1 is 0.484 bits per heavy atom. The lowest BCUT2D eigenvalue weighted by Crippen LogP contribution is -2.61. The van der Waals surface area contributed by atoms with Crippen LogP contribution in [0.25, 0.3) is 0 Å². The lowest BCUT2D eigenvalue weighted by molar-refractivity contribution is -0.332. The molecule has 0 aromatic heterocycles. The summed E-state index contributed by atoms with van der Waals surface area (Å²) >= 11 is 0. The maximum absolute atomic E-state index is 13.0. The average molecular weight is 917 g/mol. The van der Waals surface area contributed by atoms with Crippen LogP contribution in [-0.2, 0) is 38.0 Å². The van der Waals surface area contributed by atoms with Gasteiger partial charge in [-0.05, 0) is 64.2 Å². The largest absolute Gasteiger partial charge is 0.462 e. The molecule has 0 amide bonds. The second-order valence-electron chi connectivity index (χ2n) is 17.6. The number of aliphatic hydroxyl groups is 7. The fourth-order valence-corrected chi connectivity index (χ4v) is 7.73. The molecule has 0 aromatic rings. The van der Waals surface area contributed by atoms with Gasteiger partial charge in [-0.3, -0.25) is 9.59 Å². The molecule has 2 rings (SSSR count). The fourth-order valence-electron chi connectivity index (χ4n) is 7.73. The average Bonchev–Trinajstić information content (AvgIpc) is 3.29. The summed E-state index contributed by atoms with van der Waals surface area (Å²) in [6.45, 7) is 2.54. The van der Waals surface area contributed by atoms with Crippen molar-refractivity contribution in [2.24, 2.45) is 0 Å².